The van der Waals surface area contributed by atoms with Gasteiger partial charge in [0.2, 0.25) is 5.91 Å². The summed E-state index contributed by atoms with van der Waals surface area (Å²) in [5.41, 5.74) is 4.86. The molecule has 4 aromatic rings. The number of nitrogens with zero attached hydrogens (tertiary/aromatic N) is 1. The van der Waals surface area contributed by atoms with E-state index in [2.05, 4.69) is 5.32 Å². The second-order valence-electron chi connectivity index (χ2n) is 8.93. The quantitative estimate of drug-likeness (QED) is 0.317. The number of hydrogen-bond donors (Lipinski definition) is 1. The van der Waals surface area contributed by atoms with Gasteiger partial charge in [0.25, 0.3) is 5.91 Å². The number of nitrogens with one attached hydrogen (secondary N) is 1. The summed E-state index contributed by atoms with van der Waals surface area (Å²) in [5.74, 6) is -0.603. The van der Waals surface area contributed by atoms with Gasteiger partial charge in [-0.1, -0.05) is 72.3 Å². The standard InChI is InChI=1S/C31H29FN2O2/c1-22-11-15-27(16-12-22)31(36)34(21-25-7-6-10-28(32)19-25)29-17-13-24(14-18-29)20-30(35)33-23(2)26-8-4-3-5-9-26/h3-19,23H,20-21H2,1-2H3,(H,33,35)/t23-/m0/s1. The first-order valence-corrected chi connectivity index (χ1v) is 12.0. The zero-order valence-corrected chi connectivity index (χ0v) is 20.4. The Morgan fingerprint density at radius 3 is 2.19 bits per heavy atom. The lowest BCUT2D eigenvalue weighted by molar-refractivity contribution is -0.121. The monoisotopic (exact) mass is 480 g/mol. The van der Waals surface area contributed by atoms with E-state index in [1.807, 2.05) is 80.6 Å². The third kappa shape index (κ3) is 6.45. The van der Waals surface area contributed by atoms with Gasteiger partial charge in [0.1, 0.15) is 5.82 Å². The average molecular weight is 481 g/mol. The highest BCUT2D eigenvalue weighted by Crippen LogP contribution is 2.22. The smallest absolute Gasteiger partial charge is 0.258 e. The largest absolute Gasteiger partial charge is 0.349 e. The van der Waals surface area contributed by atoms with Crippen molar-refractivity contribution in [3.63, 3.8) is 0 Å². The number of halogens is 1. The topological polar surface area (TPSA) is 49.4 Å². The Morgan fingerprint density at radius 2 is 1.53 bits per heavy atom. The van der Waals surface area contributed by atoms with E-state index in [0.29, 0.717) is 16.8 Å². The minimum absolute atomic E-state index is 0.0774. The summed E-state index contributed by atoms with van der Waals surface area (Å²) in [6.07, 6.45) is 0.229. The first kappa shape index (κ1) is 24.9. The molecule has 0 fully saturated rings. The first-order valence-electron chi connectivity index (χ1n) is 12.0. The van der Waals surface area contributed by atoms with Gasteiger partial charge in [-0.25, -0.2) is 4.39 Å². The zero-order chi connectivity index (χ0) is 25.5. The maximum absolute atomic E-state index is 13.8. The third-order valence-corrected chi connectivity index (χ3v) is 6.06. The SMILES string of the molecule is Cc1ccc(C(=O)N(Cc2cccc(F)c2)c2ccc(CC(=O)N[C@@H](C)c3ccccc3)cc2)cc1. The van der Waals surface area contributed by atoms with Crippen LogP contribution in [0.25, 0.3) is 0 Å². The Hall–Kier alpha value is -4.25. The Bertz CT molecular complexity index is 1320. The normalized spacial score (nSPS) is 11.5. The number of anilines is 1. The molecule has 0 spiro atoms. The van der Waals surface area contributed by atoms with Crippen LogP contribution < -0.4 is 10.2 Å². The van der Waals surface area contributed by atoms with Crippen LogP contribution in [0.5, 0.6) is 0 Å². The molecule has 36 heavy (non-hydrogen) atoms. The molecule has 0 saturated heterocycles. The van der Waals surface area contributed by atoms with Gasteiger partial charge in [0, 0.05) is 11.3 Å². The summed E-state index contributed by atoms with van der Waals surface area (Å²) in [4.78, 5) is 27.7. The molecule has 4 aromatic carbocycles. The van der Waals surface area contributed by atoms with Crippen molar-refractivity contribution in [2.24, 2.45) is 0 Å². The lowest BCUT2D eigenvalue weighted by atomic mass is 10.1. The van der Waals surface area contributed by atoms with E-state index in [4.69, 9.17) is 0 Å². The fraction of sp³-hybridized carbons (Fsp3) is 0.161. The van der Waals surface area contributed by atoms with Gasteiger partial charge in [-0.2, -0.15) is 0 Å². The minimum Gasteiger partial charge on any atom is -0.349 e. The van der Waals surface area contributed by atoms with Gasteiger partial charge in [-0.05, 0) is 66.9 Å². The molecule has 4 nitrogen and oxygen atoms in total. The number of benzene rings is 4. The van der Waals surface area contributed by atoms with Crippen molar-refractivity contribution in [1.29, 1.82) is 0 Å². The molecule has 1 atom stereocenters. The van der Waals surface area contributed by atoms with Gasteiger partial charge in [0.05, 0.1) is 19.0 Å². The van der Waals surface area contributed by atoms with Crippen LogP contribution in [-0.4, -0.2) is 11.8 Å². The third-order valence-electron chi connectivity index (χ3n) is 6.06. The van der Waals surface area contributed by atoms with Crippen molar-refractivity contribution in [2.45, 2.75) is 32.9 Å². The lowest BCUT2D eigenvalue weighted by Crippen LogP contribution is -2.30. The second-order valence-corrected chi connectivity index (χ2v) is 8.93. The molecule has 0 aliphatic heterocycles. The summed E-state index contributed by atoms with van der Waals surface area (Å²) in [6, 6.07) is 30.7. The lowest BCUT2D eigenvalue weighted by Gasteiger charge is -2.24. The highest BCUT2D eigenvalue weighted by atomic mass is 19.1. The molecular formula is C31H29FN2O2. The van der Waals surface area contributed by atoms with Crippen molar-refractivity contribution in [3.05, 3.63) is 137 Å². The Kier molecular flexibility index (Phi) is 7.91. The summed E-state index contributed by atoms with van der Waals surface area (Å²) in [5, 5.41) is 3.03. The number of carbonyl (C=O) groups excluding carboxylic acids is 2. The van der Waals surface area contributed by atoms with Crippen molar-refractivity contribution >= 4 is 17.5 Å². The molecule has 2 amide bonds. The number of rotatable bonds is 8. The number of amides is 2. The predicted molar refractivity (Wildman–Crippen MR) is 141 cm³/mol. The average Bonchev–Trinajstić information content (AvgIpc) is 2.88. The van der Waals surface area contributed by atoms with E-state index in [1.54, 1.807) is 29.2 Å². The van der Waals surface area contributed by atoms with Gasteiger partial charge in [-0.3, -0.25) is 9.59 Å². The molecule has 182 valence electrons. The molecule has 0 aliphatic carbocycles. The fourth-order valence-corrected chi connectivity index (χ4v) is 4.05. The summed E-state index contributed by atoms with van der Waals surface area (Å²) >= 11 is 0. The molecule has 0 saturated carbocycles. The highest BCUT2D eigenvalue weighted by Gasteiger charge is 2.19. The van der Waals surface area contributed by atoms with Crippen LogP contribution >= 0.6 is 0 Å². The van der Waals surface area contributed by atoms with Crippen molar-refractivity contribution in [3.8, 4) is 0 Å². The van der Waals surface area contributed by atoms with E-state index in [-0.39, 0.29) is 36.6 Å². The molecule has 0 heterocycles. The van der Waals surface area contributed by atoms with Crippen LogP contribution in [0.15, 0.2) is 103 Å². The van der Waals surface area contributed by atoms with Crippen LogP contribution in [0, 0.1) is 12.7 Å². The van der Waals surface area contributed by atoms with E-state index < -0.39 is 0 Å². The van der Waals surface area contributed by atoms with Crippen LogP contribution in [0.1, 0.15) is 45.6 Å². The number of hydrogen-bond acceptors (Lipinski definition) is 2. The summed E-state index contributed by atoms with van der Waals surface area (Å²) < 4.78 is 13.8. The molecule has 5 heteroatoms. The second kappa shape index (κ2) is 11.5. The summed E-state index contributed by atoms with van der Waals surface area (Å²) in [6.45, 7) is 4.14. The minimum atomic E-state index is -0.346. The van der Waals surface area contributed by atoms with Crippen LogP contribution in [-0.2, 0) is 17.8 Å². The molecule has 1 N–H and O–H groups in total. The molecular weight excluding hydrogens is 451 g/mol. The van der Waals surface area contributed by atoms with Crippen LogP contribution in [0.2, 0.25) is 0 Å². The van der Waals surface area contributed by atoms with Crippen LogP contribution in [0.4, 0.5) is 10.1 Å². The van der Waals surface area contributed by atoms with Crippen LogP contribution in [0.3, 0.4) is 0 Å². The maximum atomic E-state index is 13.8. The Morgan fingerprint density at radius 1 is 0.833 bits per heavy atom. The van der Waals surface area contributed by atoms with Gasteiger partial charge in [0.15, 0.2) is 0 Å². The van der Waals surface area contributed by atoms with Gasteiger partial charge >= 0.3 is 0 Å². The Labute approximate surface area is 211 Å². The molecule has 0 aromatic heterocycles. The molecule has 0 bridgehead atoms. The van der Waals surface area contributed by atoms with Gasteiger partial charge in [-0.15, -0.1) is 0 Å². The molecule has 4 rings (SSSR count). The number of carbonyl (C=O) groups is 2. The van der Waals surface area contributed by atoms with E-state index in [0.717, 1.165) is 16.7 Å². The van der Waals surface area contributed by atoms with Crippen molar-refractivity contribution in [1.82, 2.24) is 5.32 Å². The molecule has 0 unspecified atom stereocenters. The predicted octanol–water partition coefficient (Wildman–Crippen LogP) is 6.40. The van der Waals surface area contributed by atoms with Crippen molar-refractivity contribution < 1.29 is 14.0 Å². The first-order chi connectivity index (χ1) is 17.4. The van der Waals surface area contributed by atoms with E-state index in [9.17, 15) is 14.0 Å². The number of aryl methyl sites for hydroxylation is 1. The fourth-order valence-electron chi connectivity index (χ4n) is 4.05. The van der Waals surface area contributed by atoms with E-state index in [1.165, 1.54) is 12.1 Å². The maximum Gasteiger partial charge on any atom is 0.258 e. The van der Waals surface area contributed by atoms with E-state index >= 15 is 0 Å². The van der Waals surface area contributed by atoms with Gasteiger partial charge < -0.3 is 10.2 Å². The summed E-state index contributed by atoms with van der Waals surface area (Å²) in [7, 11) is 0. The Balaban J connectivity index is 1.51. The van der Waals surface area contributed by atoms with Crippen molar-refractivity contribution in [2.75, 3.05) is 4.90 Å². The molecule has 0 aliphatic rings. The zero-order valence-electron chi connectivity index (χ0n) is 20.4. The molecule has 0 radical (unpaired) electrons. The highest BCUT2D eigenvalue weighted by molar-refractivity contribution is 6.06.